The maximum Gasteiger partial charge on any atom is 0.322 e. The Hall–Kier alpha value is -4.98. The number of amides is 2. The van der Waals surface area contributed by atoms with Crippen molar-refractivity contribution in [2.45, 2.75) is 19.5 Å². The quantitative estimate of drug-likeness (QED) is 0.336. The number of urea groups is 1. The van der Waals surface area contributed by atoms with E-state index in [0.29, 0.717) is 23.7 Å². The van der Waals surface area contributed by atoms with Crippen LogP contribution in [0.5, 0.6) is 11.5 Å². The molecule has 1 N–H and O–H groups in total. The van der Waals surface area contributed by atoms with Crippen LogP contribution in [-0.4, -0.2) is 32.1 Å². The first kappa shape index (κ1) is 22.2. The van der Waals surface area contributed by atoms with Crippen molar-refractivity contribution in [2.24, 2.45) is 0 Å². The number of para-hydroxylation sites is 1. The molecule has 0 saturated heterocycles. The number of anilines is 1. The van der Waals surface area contributed by atoms with E-state index in [2.05, 4.69) is 28.1 Å². The van der Waals surface area contributed by atoms with Gasteiger partial charge in [-0.25, -0.2) is 9.48 Å². The summed E-state index contributed by atoms with van der Waals surface area (Å²) in [5.41, 5.74) is 5.47. The first-order valence-corrected chi connectivity index (χ1v) is 12.5. The van der Waals surface area contributed by atoms with Gasteiger partial charge in [0.25, 0.3) is 0 Å². The molecule has 0 bridgehead atoms. The predicted octanol–water partition coefficient (Wildman–Crippen LogP) is 5.84. The Morgan fingerprint density at radius 1 is 0.921 bits per heavy atom. The van der Waals surface area contributed by atoms with Gasteiger partial charge in [0, 0.05) is 23.5 Å². The normalized spacial score (nSPS) is 15.5. The first-order chi connectivity index (χ1) is 18.7. The van der Waals surface area contributed by atoms with Crippen LogP contribution in [0.25, 0.3) is 11.5 Å². The Labute approximate surface area is 219 Å². The van der Waals surface area contributed by atoms with Crippen molar-refractivity contribution in [1.82, 2.24) is 19.2 Å². The van der Waals surface area contributed by atoms with Crippen molar-refractivity contribution in [2.75, 3.05) is 12.1 Å². The number of hydrogen-bond acceptors (Lipinski definition) is 4. The fraction of sp³-hybridized carbons (Fsp3) is 0.133. The van der Waals surface area contributed by atoms with Crippen LogP contribution in [0, 0.1) is 6.92 Å². The van der Waals surface area contributed by atoms with Crippen LogP contribution in [0.15, 0.2) is 97.2 Å². The average Bonchev–Trinajstić information content (AvgIpc) is 3.66. The van der Waals surface area contributed by atoms with Crippen LogP contribution >= 0.6 is 0 Å². The van der Waals surface area contributed by atoms with E-state index in [9.17, 15) is 4.79 Å². The van der Waals surface area contributed by atoms with Gasteiger partial charge in [-0.1, -0.05) is 48.5 Å². The van der Waals surface area contributed by atoms with Crippen LogP contribution < -0.4 is 14.8 Å². The Morgan fingerprint density at radius 3 is 2.50 bits per heavy atom. The van der Waals surface area contributed by atoms with Gasteiger partial charge in [-0.05, 0) is 48.9 Å². The number of carbonyl (C=O) groups excluding carboxylic acids is 1. The van der Waals surface area contributed by atoms with E-state index in [0.717, 1.165) is 34.0 Å². The molecule has 0 fully saturated rings. The molecule has 188 valence electrons. The second-order valence-electron chi connectivity index (χ2n) is 9.38. The lowest BCUT2D eigenvalue weighted by molar-refractivity contribution is 0.174. The van der Waals surface area contributed by atoms with Crippen molar-refractivity contribution >= 4 is 11.7 Å². The van der Waals surface area contributed by atoms with Gasteiger partial charge in [-0.15, -0.1) is 0 Å². The second kappa shape index (κ2) is 8.85. The van der Waals surface area contributed by atoms with Crippen LogP contribution in [0.3, 0.4) is 0 Å². The number of nitrogens with one attached hydrogen (secondary N) is 1. The maximum atomic E-state index is 14.0. The third-order valence-electron chi connectivity index (χ3n) is 7.09. The molecule has 8 heteroatoms. The topological polar surface area (TPSA) is 73.6 Å². The zero-order valence-corrected chi connectivity index (χ0v) is 20.7. The van der Waals surface area contributed by atoms with Crippen LogP contribution in [0.4, 0.5) is 10.5 Å². The van der Waals surface area contributed by atoms with Crippen molar-refractivity contribution in [3.8, 4) is 23.0 Å². The van der Waals surface area contributed by atoms with Crippen molar-refractivity contribution in [1.29, 1.82) is 0 Å². The Balaban J connectivity index is 1.37. The highest BCUT2D eigenvalue weighted by Gasteiger charge is 2.36. The minimum absolute atomic E-state index is 0.180. The standard InChI is InChI=1S/C30H25N5O3/c1-20-24-18-34(30(36)31-22-14-15-26-27(17-22)38-19-37-26)28(21-9-4-2-5-10-21)25-13-8-16-33(25)29(24)35(32-20)23-11-6-3-7-12-23/h2-17,28H,18-19H2,1H3,(H,31,36)/t28-/m1/s1. The number of aromatic nitrogens is 3. The fourth-order valence-electron chi connectivity index (χ4n) is 5.30. The molecule has 3 aromatic carbocycles. The number of benzene rings is 3. The Kier molecular flexibility index (Phi) is 5.18. The van der Waals surface area contributed by atoms with Gasteiger partial charge in [0.05, 0.1) is 29.7 Å². The summed E-state index contributed by atoms with van der Waals surface area (Å²) in [6, 6.07) is 29.2. The molecule has 2 amide bonds. The summed E-state index contributed by atoms with van der Waals surface area (Å²) in [7, 11) is 0. The average molecular weight is 504 g/mol. The van der Waals surface area contributed by atoms with Gasteiger partial charge in [0.15, 0.2) is 11.5 Å². The highest BCUT2D eigenvalue weighted by Crippen LogP contribution is 2.39. The van der Waals surface area contributed by atoms with Gasteiger partial charge in [0.1, 0.15) is 5.82 Å². The van der Waals surface area contributed by atoms with Crippen molar-refractivity contribution in [3.63, 3.8) is 0 Å². The highest BCUT2D eigenvalue weighted by molar-refractivity contribution is 5.90. The summed E-state index contributed by atoms with van der Waals surface area (Å²) in [4.78, 5) is 15.9. The van der Waals surface area contributed by atoms with E-state index in [4.69, 9.17) is 14.6 Å². The molecule has 1 atom stereocenters. The Morgan fingerprint density at radius 2 is 1.68 bits per heavy atom. The van der Waals surface area contributed by atoms with Gasteiger partial charge < -0.3 is 24.3 Å². The summed E-state index contributed by atoms with van der Waals surface area (Å²) < 4.78 is 15.1. The van der Waals surface area contributed by atoms with Crippen LogP contribution in [0.1, 0.15) is 28.6 Å². The number of hydrogen-bond donors (Lipinski definition) is 1. The summed E-state index contributed by atoms with van der Waals surface area (Å²) in [6.07, 6.45) is 2.05. The molecule has 0 saturated carbocycles. The lowest BCUT2D eigenvalue weighted by Gasteiger charge is -2.31. The summed E-state index contributed by atoms with van der Waals surface area (Å²) in [5, 5.41) is 8.00. The zero-order valence-electron chi connectivity index (χ0n) is 20.7. The molecule has 4 heterocycles. The third-order valence-corrected chi connectivity index (χ3v) is 7.09. The second-order valence-corrected chi connectivity index (χ2v) is 9.38. The number of fused-ring (bicyclic) bond motifs is 4. The maximum absolute atomic E-state index is 14.0. The molecule has 2 aromatic heterocycles. The number of rotatable bonds is 3. The molecular formula is C30H25N5O3. The number of carbonyl (C=O) groups is 1. The van der Waals surface area contributed by atoms with E-state index in [1.165, 1.54) is 0 Å². The minimum atomic E-state index is -0.323. The molecule has 5 aromatic rings. The summed E-state index contributed by atoms with van der Waals surface area (Å²) in [6.45, 7) is 2.56. The number of ether oxygens (including phenoxy) is 2. The molecule has 0 unspecified atom stereocenters. The lowest BCUT2D eigenvalue weighted by atomic mass is 10.0. The summed E-state index contributed by atoms with van der Waals surface area (Å²) >= 11 is 0. The van der Waals surface area contributed by atoms with Crippen LogP contribution in [-0.2, 0) is 6.54 Å². The molecule has 38 heavy (non-hydrogen) atoms. The van der Waals surface area contributed by atoms with Gasteiger partial charge in [-0.3, -0.25) is 0 Å². The van der Waals surface area contributed by atoms with E-state index < -0.39 is 0 Å². The molecular weight excluding hydrogens is 478 g/mol. The van der Waals surface area contributed by atoms with Crippen molar-refractivity contribution < 1.29 is 14.3 Å². The zero-order chi connectivity index (χ0) is 25.6. The number of nitrogens with zero attached hydrogens (tertiary/aromatic N) is 4. The number of aryl methyl sites for hydroxylation is 1. The SMILES string of the molecule is Cc1nn(-c2ccccc2)c2c1CN(C(=O)Nc1ccc3c(c1)OCO3)[C@H](c1ccccc1)c1cccn1-2. The van der Waals surface area contributed by atoms with E-state index in [1.807, 2.05) is 89.4 Å². The van der Waals surface area contributed by atoms with Gasteiger partial charge in [-0.2, -0.15) is 5.10 Å². The Bertz CT molecular complexity index is 1640. The molecule has 7 rings (SSSR count). The molecule has 0 spiro atoms. The molecule has 2 aliphatic rings. The fourth-order valence-corrected chi connectivity index (χ4v) is 5.30. The highest BCUT2D eigenvalue weighted by atomic mass is 16.7. The molecule has 2 aliphatic heterocycles. The van der Waals surface area contributed by atoms with Crippen LogP contribution in [0.2, 0.25) is 0 Å². The summed E-state index contributed by atoms with van der Waals surface area (Å²) in [5.74, 6) is 2.23. The molecule has 8 nitrogen and oxygen atoms in total. The van der Waals surface area contributed by atoms with Gasteiger partial charge >= 0.3 is 6.03 Å². The largest absolute Gasteiger partial charge is 0.454 e. The van der Waals surface area contributed by atoms with E-state index in [1.54, 1.807) is 6.07 Å². The van der Waals surface area contributed by atoms with E-state index >= 15 is 0 Å². The van der Waals surface area contributed by atoms with E-state index in [-0.39, 0.29) is 18.9 Å². The smallest absolute Gasteiger partial charge is 0.322 e. The van der Waals surface area contributed by atoms with Gasteiger partial charge in [0.2, 0.25) is 6.79 Å². The molecule has 0 aliphatic carbocycles. The minimum Gasteiger partial charge on any atom is -0.454 e. The lowest BCUT2D eigenvalue weighted by Crippen LogP contribution is -2.38. The third kappa shape index (κ3) is 3.61. The van der Waals surface area contributed by atoms with Crippen molar-refractivity contribution in [3.05, 3.63) is 120 Å². The first-order valence-electron chi connectivity index (χ1n) is 12.5. The predicted molar refractivity (Wildman–Crippen MR) is 143 cm³/mol. The molecule has 0 radical (unpaired) electrons. The monoisotopic (exact) mass is 503 g/mol.